The number of aldehydes is 1. The Kier molecular flexibility index (Phi) is 6.45. The van der Waals surface area contributed by atoms with Crippen LogP contribution in [0.5, 0.6) is 11.5 Å². The number of rotatable bonds is 6. The predicted octanol–water partition coefficient (Wildman–Crippen LogP) is 4.13. The van der Waals surface area contributed by atoms with Crippen molar-refractivity contribution in [2.75, 3.05) is 14.2 Å². The Morgan fingerprint density at radius 1 is 1.16 bits per heavy atom. The maximum absolute atomic E-state index is 12.8. The normalized spacial score (nSPS) is 23.2. The zero-order valence-electron chi connectivity index (χ0n) is 15.7. The number of carbonyl (C=O) groups is 2. The van der Waals surface area contributed by atoms with E-state index in [0.717, 1.165) is 19.3 Å². The third-order valence-electron chi connectivity index (χ3n) is 5.12. The Labute approximate surface area is 149 Å². The minimum absolute atomic E-state index is 0.121. The summed E-state index contributed by atoms with van der Waals surface area (Å²) in [6.45, 7) is 6.51. The van der Waals surface area contributed by atoms with E-state index in [-0.39, 0.29) is 17.2 Å². The van der Waals surface area contributed by atoms with Crippen LogP contribution in [0.15, 0.2) is 12.1 Å². The molecule has 2 rings (SSSR count). The van der Waals surface area contributed by atoms with Crippen LogP contribution in [0.3, 0.4) is 0 Å². The summed E-state index contributed by atoms with van der Waals surface area (Å²) in [5, 5.41) is 0. The fraction of sp³-hybridized carbons (Fsp3) is 0.600. The molecule has 1 fully saturated rings. The van der Waals surface area contributed by atoms with Crippen LogP contribution < -0.4 is 9.47 Å². The van der Waals surface area contributed by atoms with Gasteiger partial charge in [-0.3, -0.25) is 4.79 Å². The SMILES string of the molecule is COc1cc(C=O)c(C(=O)O[C@@H]2C[C@H](C)CC[C@H]2C(C)C)cc1OC. The van der Waals surface area contributed by atoms with Crippen LogP contribution >= 0.6 is 0 Å². The van der Waals surface area contributed by atoms with Gasteiger partial charge in [-0.25, -0.2) is 4.79 Å². The molecule has 1 saturated carbocycles. The number of ether oxygens (including phenoxy) is 3. The molecule has 0 spiro atoms. The van der Waals surface area contributed by atoms with Crippen molar-refractivity contribution in [1.82, 2.24) is 0 Å². The van der Waals surface area contributed by atoms with Crippen LogP contribution in [0.1, 0.15) is 60.7 Å². The molecule has 0 heterocycles. The van der Waals surface area contributed by atoms with E-state index in [0.29, 0.717) is 35.5 Å². The quantitative estimate of drug-likeness (QED) is 0.571. The van der Waals surface area contributed by atoms with Crippen molar-refractivity contribution in [2.45, 2.75) is 46.1 Å². The third kappa shape index (κ3) is 4.33. The zero-order valence-corrected chi connectivity index (χ0v) is 15.7. The Balaban J connectivity index is 2.28. The number of carbonyl (C=O) groups excluding carboxylic acids is 2. The molecule has 3 atom stereocenters. The van der Waals surface area contributed by atoms with Gasteiger partial charge in [0, 0.05) is 5.56 Å². The lowest BCUT2D eigenvalue weighted by Gasteiger charge is -2.36. The Hall–Kier alpha value is -2.04. The summed E-state index contributed by atoms with van der Waals surface area (Å²) in [6, 6.07) is 3.02. The van der Waals surface area contributed by atoms with Gasteiger partial charge in [-0.15, -0.1) is 0 Å². The highest BCUT2D eigenvalue weighted by Crippen LogP contribution is 2.36. The van der Waals surface area contributed by atoms with Crippen molar-refractivity contribution < 1.29 is 23.8 Å². The summed E-state index contributed by atoms with van der Waals surface area (Å²) in [4.78, 5) is 24.2. The monoisotopic (exact) mass is 348 g/mol. The molecule has 1 aliphatic carbocycles. The van der Waals surface area contributed by atoms with Gasteiger partial charge < -0.3 is 14.2 Å². The fourth-order valence-corrected chi connectivity index (χ4v) is 3.62. The maximum Gasteiger partial charge on any atom is 0.339 e. The van der Waals surface area contributed by atoms with Gasteiger partial charge in [-0.2, -0.15) is 0 Å². The highest BCUT2D eigenvalue weighted by atomic mass is 16.5. The van der Waals surface area contributed by atoms with E-state index in [1.54, 1.807) is 0 Å². The minimum Gasteiger partial charge on any atom is -0.493 e. The molecule has 138 valence electrons. The van der Waals surface area contributed by atoms with Gasteiger partial charge in [0.1, 0.15) is 6.10 Å². The molecule has 0 saturated heterocycles. The molecule has 0 aliphatic heterocycles. The number of benzene rings is 1. The van der Waals surface area contributed by atoms with Gasteiger partial charge in [0.05, 0.1) is 19.8 Å². The first kappa shape index (κ1) is 19.3. The van der Waals surface area contributed by atoms with Crippen LogP contribution in [-0.4, -0.2) is 32.6 Å². The first-order valence-electron chi connectivity index (χ1n) is 8.83. The molecule has 5 nitrogen and oxygen atoms in total. The summed E-state index contributed by atoms with van der Waals surface area (Å²) in [5.41, 5.74) is 0.459. The van der Waals surface area contributed by atoms with E-state index >= 15 is 0 Å². The van der Waals surface area contributed by atoms with E-state index in [4.69, 9.17) is 14.2 Å². The van der Waals surface area contributed by atoms with Crippen molar-refractivity contribution in [1.29, 1.82) is 0 Å². The molecule has 0 N–H and O–H groups in total. The van der Waals surface area contributed by atoms with E-state index in [1.165, 1.54) is 26.4 Å². The Morgan fingerprint density at radius 2 is 1.80 bits per heavy atom. The highest BCUT2D eigenvalue weighted by Gasteiger charge is 2.34. The van der Waals surface area contributed by atoms with Crippen LogP contribution in [0.4, 0.5) is 0 Å². The Morgan fingerprint density at radius 3 is 2.36 bits per heavy atom. The second-order valence-corrected chi connectivity index (χ2v) is 7.18. The number of hydrogen-bond donors (Lipinski definition) is 0. The van der Waals surface area contributed by atoms with E-state index in [2.05, 4.69) is 20.8 Å². The van der Waals surface area contributed by atoms with Crippen LogP contribution in [0, 0.1) is 17.8 Å². The zero-order chi connectivity index (χ0) is 18.6. The van der Waals surface area contributed by atoms with Crippen molar-refractivity contribution in [3.63, 3.8) is 0 Å². The largest absolute Gasteiger partial charge is 0.493 e. The van der Waals surface area contributed by atoms with Gasteiger partial charge in [-0.1, -0.05) is 27.2 Å². The predicted molar refractivity (Wildman–Crippen MR) is 95.5 cm³/mol. The van der Waals surface area contributed by atoms with E-state index in [1.807, 2.05) is 0 Å². The average Bonchev–Trinajstić information content (AvgIpc) is 2.60. The number of hydrogen-bond acceptors (Lipinski definition) is 5. The van der Waals surface area contributed by atoms with E-state index in [9.17, 15) is 9.59 Å². The summed E-state index contributed by atoms with van der Waals surface area (Å²) >= 11 is 0. The third-order valence-corrected chi connectivity index (χ3v) is 5.12. The van der Waals surface area contributed by atoms with Gasteiger partial charge >= 0.3 is 5.97 Å². The number of methoxy groups -OCH3 is 2. The second-order valence-electron chi connectivity index (χ2n) is 7.18. The average molecular weight is 348 g/mol. The molecule has 0 radical (unpaired) electrons. The lowest BCUT2D eigenvalue weighted by atomic mass is 9.75. The lowest BCUT2D eigenvalue weighted by Crippen LogP contribution is -2.36. The molecular formula is C20H28O5. The van der Waals surface area contributed by atoms with Crippen LogP contribution in [0.2, 0.25) is 0 Å². The number of esters is 1. The molecule has 0 unspecified atom stereocenters. The first-order chi connectivity index (χ1) is 11.9. The summed E-state index contributed by atoms with van der Waals surface area (Å²) in [7, 11) is 2.98. The highest BCUT2D eigenvalue weighted by molar-refractivity contribution is 5.99. The Bertz CT molecular complexity index is 623. The molecular weight excluding hydrogens is 320 g/mol. The van der Waals surface area contributed by atoms with Crippen molar-refractivity contribution >= 4 is 12.3 Å². The minimum atomic E-state index is -0.479. The van der Waals surface area contributed by atoms with Gasteiger partial charge in [0.15, 0.2) is 17.8 Å². The molecule has 1 aromatic rings. The molecule has 0 bridgehead atoms. The molecule has 25 heavy (non-hydrogen) atoms. The fourth-order valence-electron chi connectivity index (χ4n) is 3.62. The standard InChI is InChI=1S/C20H28O5/c1-12(2)15-7-6-13(3)8-17(15)25-20(22)16-10-19(24-5)18(23-4)9-14(16)11-21/h9-13,15,17H,6-8H2,1-5H3/t13-,15+,17-/m1/s1. The van der Waals surface area contributed by atoms with Crippen molar-refractivity contribution in [3.8, 4) is 11.5 Å². The van der Waals surface area contributed by atoms with Gasteiger partial charge in [0.25, 0.3) is 0 Å². The van der Waals surface area contributed by atoms with Gasteiger partial charge in [0.2, 0.25) is 0 Å². The molecule has 0 amide bonds. The van der Waals surface area contributed by atoms with Crippen LogP contribution in [-0.2, 0) is 4.74 Å². The van der Waals surface area contributed by atoms with Crippen molar-refractivity contribution in [3.05, 3.63) is 23.3 Å². The molecule has 1 aromatic carbocycles. The summed E-state index contributed by atoms with van der Waals surface area (Å²) in [5.74, 6) is 1.66. The lowest BCUT2D eigenvalue weighted by molar-refractivity contribution is -0.0175. The summed E-state index contributed by atoms with van der Waals surface area (Å²) < 4.78 is 16.3. The molecule has 1 aliphatic rings. The van der Waals surface area contributed by atoms with Crippen LogP contribution in [0.25, 0.3) is 0 Å². The second kappa shape index (κ2) is 8.37. The van der Waals surface area contributed by atoms with Gasteiger partial charge in [-0.05, 0) is 42.7 Å². The molecule has 0 aromatic heterocycles. The maximum atomic E-state index is 12.8. The first-order valence-corrected chi connectivity index (χ1v) is 8.83. The summed E-state index contributed by atoms with van der Waals surface area (Å²) in [6.07, 6.45) is 3.60. The van der Waals surface area contributed by atoms with Crippen molar-refractivity contribution in [2.24, 2.45) is 17.8 Å². The van der Waals surface area contributed by atoms with E-state index < -0.39 is 5.97 Å². The smallest absolute Gasteiger partial charge is 0.339 e. The topological polar surface area (TPSA) is 61.8 Å². The molecule has 5 heteroatoms.